The predicted molar refractivity (Wildman–Crippen MR) is 117 cm³/mol. The molecule has 2 amide bonds. The molecule has 1 N–H and O–H groups in total. The van der Waals surface area contributed by atoms with Gasteiger partial charge < -0.3 is 14.7 Å². The van der Waals surface area contributed by atoms with E-state index in [2.05, 4.69) is 29.5 Å². The molecule has 166 valence electrons. The summed E-state index contributed by atoms with van der Waals surface area (Å²) in [5.74, 6) is 0.501. The lowest BCUT2D eigenvalue weighted by Crippen LogP contribution is -2.63. The summed E-state index contributed by atoms with van der Waals surface area (Å²) in [5, 5.41) is 7.16. The zero-order valence-corrected chi connectivity index (χ0v) is 17.9. The van der Waals surface area contributed by atoms with E-state index in [4.69, 9.17) is 4.52 Å². The van der Waals surface area contributed by atoms with Crippen LogP contribution < -0.4 is 5.32 Å². The van der Waals surface area contributed by atoms with Crippen LogP contribution in [-0.4, -0.2) is 40.5 Å². The van der Waals surface area contributed by atoms with Crippen molar-refractivity contribution >= 4 is 11.8 Å². The number of aromatic nitrogens is 1. The quantitative estimate of drug-likeness (QED) is 0.771. The molecule has 7 heteroatoms. The third kappa shape index (κ3) is 4.11. The van der Waals surface area contributed by atoms with Crippen LogP contribution in [0.4, 0.5) is 4.39 Å². The number of hydrogen-bond acceptors (Lipinski definition) is 4. The average molecular weight is 435 g/mol. The lowest BCUT2D eigenvalue weighted by molar-refractivity contribution is -0.130. The van der Waals surface area contributed by atoms with E-state index in [1.165, 1.54) is 12.1 Å². The van der Waals surface area contributed by atoms with E-state index in [-0.39, 0.29) is 41.2 Å². The molecule has 0 bridgehead atoms. The molecule has 3 aliphatic rings. The topological polar surface area (TPSA) is 75.4 Å². The molecule has 2 heterocycles. The second-order valence-electron chi connectivity index (χ2n) is 9.06. The Morgan fingerprint density at radius 3 is 2.69 bits per heavy atom. The number of nitrogens with one attached hydrogen (secondary N) is 1. The molecular formula is C25H26FN3O3. The van der Waals surface area contributed by atoms with Crippen molar-refractivity contribution < 1.29 is 18.5 Å². The number of carbonyl (C=O) groups is 2. The van der Waals surface area contributed by atoms with Crippen molar-refractivity contribution in [3.63, 3.8) is 0 Å². The number of nitrogens with zero attached hydrogens (tertiary/aromatic N) is 2. The van der Waals surface area contributed by atoms with Gasteiger partial charge in [0.2, 0.25) is 5.91 Å². The molecule has 1 saturated heterocycles. The number of piperazine rings is 1. The molecule has 2 aromatic rings. The van der Waals surface area contributed by atoms with Crippen molar-refractivity contribution in [2.75, 3.05) is 6.54 Å². The Hall–Kier alpha value is -3.22. The van der Waals surface area contributed by atoms with Gasteiger partial charge in [0.05, 0.1) is 6.04 Å². The summed E-state index contributed by atoms with van der Waals surface area (Å²) in [6.45, 7) is 2.54. The van der Waals surface area contributed by atoms with Gasteiger partial charge in [-0.3, -0.25) is 9.59 Å². The van der Waals surface area contributed by atoms with Gasteiger partial charge >= 0.3 is 0 Å². The third-order valence-corrected chi connectivity index (χ3v) is 6.70. The van der Waals surface area contributed by atoms with E-state index < -0.39 is 6.04 Å². The van der Waals surface area contributed by atoms with Gasteiger partial charge in [0, 0.05) is 24.1 Å². The maximum atomic E-state index is 13.5. The second kappa shape index (κ2) is 8.37. The lowest BCUT2D eigenvalue weighted by Gasteiger charge is -2.42. The fraction of sp³-hybridized carbons (Fsp3) is 0.400. The molecule has 5 rings (SSSR count). The first-order chi connectivity index (χ1) is 15.5. The fourth-order valence-corrected chi connectivity index (χ4v) is 4.66. The van der Waals surface area contributed by atoms with Gasteiger partial charge in [-0.25, -0.2) is 4.39 Å². The molecule has 6 nitrogen and oxygen atoms in total. The van der Waals surface area contributed by atoms with Crippen molar-refractivity contribution in [3.05, 3.63) is 66.1 Å². The molecule has 0 spiro atoms. The second-order valence-corrected chi connectivity index (χ2v) is 9.06. The van der Waals surface area contributed by atoms with Crippen LogP contribution in [0.1, 0.15) is 36.7 Å². The van der Waals surface area contributed by atoms with E-state index in [1.54, 1.807) is 23.1 Å². The van der Waals surface area contributed by atoms with Crippen LogP contribution in [0.5, 0.6) is 0 Å². The first-order valence-electron chi connectivity index (χ1n) is 11.2. The number of hydrogen-bond donors (Lipinski definition) is 1. The molecule has 1 saturated carbocycles. The molecule has 0 radical (unpaired) electrons. The zero-order valence-electron chi connectivity index (χ0n) is 17.9. The van der Waals surface area contributed by atoms with Crippen LogP contribution in [0.2, 0.25) is 0 Å². The van der Waals surface area contributed by atoms with Crippen molar-refractivity contribution in [1.82, 2.24) is 15.4 Å². The van der Waals surface area contributed by atoms with E-state index in [0.717, 1.165) is 12.8 Å². The number of benzene rings is 1. The Balaban J connectivity index is 1.40. The zero-order chi connectivity index (χ0) is 22.2. The van der Waals surface area contributed by atoms with Gasteiger partial charge in [-0.1, -0.05) is 49.2 Å². The Morgan fingerprint density at radius 1 is 1.22 bits per heavy atom. The van der Waals surface area contributed by atoms with Crippen LogP contribution in [0, 0.1) is 23.6 Å². The van der Waals surface area contributed by atoms with Gasteiger partial charge in [-0.15, -0.1) is 0 Å². The standard InChI is InChI=1S/C25H26FN3O3/c1-15-4-2-3-5-19(15)21-14-29(22(24(30)27-21)12-16-6-7-16)25(31)20-13-23(32-28-20)17-8-10-18(26)11-9-17/h2-5,8-11,13,15-16,19,21-22H,6-7,12,14H2,1H3,(H,27,30). The normalized spacial score (nSPS) is 27.4. The maximum Gasteiger partial charge on any atom is 0.276 e. The van der Waals surface area contributed by atoms with E-state index in [9.17, 15) is 14.0 Å². The number of carbonyl (C=O) groups excluding carboxylic acids is 2. The number of allylic oxidation sites excluding steroid dienone is 3. The molecule has 1 aromatic carbocycles. The molecule has 2 aliphatic carbocycles. The third-order valence-electron chi connectivity index (χ3n) is 6.70. The monoisotopic (exact) mass is 435 g/mol. The molecule has 2 fully saturated rings. The number of halogens is 1. The van der Waals surface area contributed by atoms with Gasteiger partial charge in [-0.2, -0.15) is 0 Å². The minimum absolute atomic E-state index is 0.0982. The van der Waals surface area contributed by atoms with Crippen LogP contribution in [0.25, 0.3) is 11.3 Å². The molecule has 32 heavy (non-hydrogen) atoms. The highest BCUT2D eigenvalue weighted by Gasteiger charge is 2.43. The molecule has 4 atom stereocenters. The smallest absolute Gasteiger partial charge is 0.276 e. The first-order valence-corrected chi connectivity index (χ1v) is 11.2. The number of amides is 2. The Kier molecular flexibility index (Phi) is 5.41. The summed E-state index contributed by atoms with van der Waals surface area (Å²) in [6, 6.07) is 6.72. The van der Waals surface area contributed by atoms with Gasteiger partial charge in [0.15, 0.2) is 11.5 Å². The SMILES string of the molecule is CC1C=CC=CC1C1CN(C(=O)c2cc(-c3ccc(F)cc3)on2)C(CC2CC2)C(=O)N1. The summed E-state index contributed by atoms with van der Waals surface area (Å²) in [5.41, 5.74) is 0.792. The van der Waals surface area contributed by atoms with E-state index >= 15 is 0 Å². The van der Waals surface area contributed by atoms with Crippen LogP contribution in [-0.2, 0) is 4.79 Å². The minimum Gasteiger partial charge on any atom is -0.355 e. The summed E-state index contributed by atoms with van der Waals surface area (Å²) >= 11 is 0. The van der Waals surface area contributed by atoms with Crippen molar-refractivity contribution in [1.29, 1.82) is 0 Å². The van der Waals surface area contributed by atoms with Crippen LogP contribution >= 0.6 is 0 Å². The Morgan fingerprint density at radius 2 is 1.97 bits per heavy atom. The predicted octanol–water partition coefficient (Wildman–Crippen LogP) is 3.97. The minimum atomic E-state index is -0.504. The maximum absolute atomic E-state index is 13.5. The highest BCUT2D eigenvalue weighted by atomic mass is 19.1. The summed E-state index contributed by atoms with van der Waals surface area (Å²) < 4.78 is 18.6. The van der Waals surface area contributed by atoms with Gasteiger partial charge in [0.1, 0.15) is 11.9 Å². The fourth-order valence-electron chi connectivity index (χ4n) is 4.66. The molecular weight excluding hydrogens is 409 g/mol. The Bertz CT molecular complexity index is 1070. The van der Waals surface area contributed by atoms with Crippen LogP contribution in [0.15, 0.2) is 59.2 Å². The molecule has 4 unspecified atom stereocenters. The van der Waals surface area contributed by atoms with E-state index in [1.807, 2.05) is 12.2 Å². The number of rotatable bonds is 5. The van der Waals surface area contributed by atoms with Crippen molar-refractivity contribution in [3.8, 4) is 11.3 Å². The summed E-state index contributed by atoms with van der Waals surface area (Å²) in [6.07, 6.45) is 11.1. The van der Waals surface area contributed by atoms with Gasteiger partial charge in [-0.05, 0) is 42.5 Å². The van der Waals surface area contributed by atoms with Crippen molar-refractivity contribution in [2.45, 2.75) is 38.3 Å². The molecule has 1 aliphatic heterocycles. The largest absolute Gasteiger partial charge is 0.355 e. The lowest BCUT2D eigenvalue weighted by atomic mass is 9.82. The highest BCUT2D eigenvalue weighted by molar-refractivity contribution is 5.97. The summed E-state index contributed by atoms with van der Waals surface area (Å²) in [7, 11) is 0. The summed E-state index contributed by atoms with van der Waals surface area (Å²) in [4.78, 5) is 28.3. The first kappa shape index (κ1) is 20.7. The Labute approximate surface area is 186 Å². The highest BCUT2D eigenvalue weighted by Crippen LogP contribution is 2.36. The molecule has 1 aromatic heterocycles. The van der Waals surface area contributed by atoms with Crippen molar-refractivity contribution in [2.24, 2.45) is 17.8 Å². The van der Waals surface area contributed by atoms with Gasteiger partial charge in [0.25, 0.3) is 5.91 Å². The average Bonchev–Trinajstić information content (AvgIpc) is 3.48. The van der Waals surface area contributed by atoms with E-state index in [0.29, 0.717) is 30.2 Å². The van der Waals surface area contributed by atoms with Crippen LogP contribution in [0.3, 0.4) is 0 Å².